The van der Waals surface area contributed by atoms with Gasteiger partial charge in [0.15, 0.2) is 5.69 Å². The van der Waals surface area contributed by atoms with Crippen molar-refractivity contribution in [3.05, 3.63) is 77.1 Å². The SMILES string of the molecule is Cc1ccccc1N1CCc2nnn(Cc3ccccc3)c2C1=O. The van der Waals surface area contributed by atoms with Crippen LogP contribution in [0.5, 0.6) is 0 Å². The minimum Gasteiger partial charge on any atom is -0.306 e. The number of benzene rings is 2. The van der Waals surface area contributed by atoms with Gasteiger partial charge in [-0.2, -0.15) is 0 Å². The summed E-state index contributed by atoms with van der Waals surface area (Å²) in [4.78, 5) is 14.9. The van der Waals surface area contributed by atoms with Crippen LogP contribution in [0.2, 0.25) is 0 Å². The van der Waals surface area contributed by atoms with Gasteiger partial charge in [-0.15, -0.1) is 5.10 Å². The lowest BCUT2D eigenvalue weighted by molar-refractivity contribution is 0.0970. The van der Waals surface area contributed by atoms with E-state index in [1.165, 1.54) is 0 Å². The molecule has 0 spiro atoms. The molecule has 2 heterocycles. The van der Waals surface area contributed by atoms with Gasteiger partial charge in [-0.05, 0) is 24.1 Å². The van der Waals surface area contributed by atoms with E-state index in [2.05, 4.69) is 10.3 Å². The molecule has 4 rings (SSSR count). The molecule has 0 fully saturated rings. The van der Waals surface area contributed by atoms with Crippen LogP contribution < -0.4 is 4.90 Å². The molecule has 0 saturated heterocycles. The minimum absolute atomic E-state index is 0.0218. The molecule has 0 aliphatic carbocycles. The van der Waals surface area contributed by atoms with Crippen LogP contribution in [-0.4, -0.2) is 27.4 Å². The van der Waals surface area contributed by atoms with Gasteiger partial charge in [0.1, 0.15) is 0 Å². The van der Waals surface area contributed by atoms with Gasteiger partial charge in [-0.25, -0.2) is 4.68 Å². The van der Waals surface area contributed by atoms with E-state index >= 15 is 0 Å². The molecule has 0 N–H and O–H groups in total. The maximum atomic E-state index is 13.1. The zero-order chi connectivity index (χ0) is 16.5. The highest BCUT2D eigenvalue weighted by atomic mass is 16.2. The summed E-state index contributed by atoms with van der Waals surface area (Å²) in [6, 6.07) is 18.0. The second-order valence-corrected chi connectivity index (χ2v) is 6.02. The van der Waals surface area contributed by atoms with E-state index in [1.807, 2.05) is 66.4 Å². The standard InChI is InChI=1S/C19H18N4O/c1-14-7-5-6-10-17(14)22-12-11-16-18(19(22)24)23(21-20-16)13-15-8-3-2-4-9-15/h2-10H,11-13H2,1H3. The molecule has 0 unspecified atom stereocenters. The number of aromatic nitrogens is 3. The van der Waals surface area contributed by atoms with Crippen LogP contribution in [-0.2, 0) is 13.0 Å². The van der Waals surface area contributed by atoms with Crippen molar-refractivity contribution in [2.45, 2.75) is 19.9 Å². The summed E-state index contributed by atoms with van der Waals surface area (Å²) >= 11 is 0. The molecule has 0 bridgehead atoms. The van der Waals surface area contributed by atoms with E-state index in [0.29, 0.717) is 18.8 Å². The van der Waals surface area contributed by atoms with Crippen molar-refractivity contribution >= 4 is 11.6 Å². The molecular formula is C19H18N4O. The van der Waals surface area contributed by atoms with E-state index in [4.69, 9.17) is 0 Å². The van der Waals surface area contributed by atoms with Crippen molar-refractivity contribution < 1.29 is 4.79 Å². The van der Waals surface area contributed by atoms with Crippen LogP contribution in [0.3, 0.4) is 0 Å². The Morgan fingerprint density at radius 2 is 1.79 bits per heavy atom. The summed E-state index contributed by atoms with van der Waals surface area (Å²) in [6.07, 6.45) is 0.726. The van der Waals surface area contributed by atoms with Crippen LogP contribution in [0, 0.1) is 6.92 Å². The Labute approximate surface area is 140 Å². The summed E-state index contributed by atoms with van der Waals surface area (Å²) in [5.41, 5.74) is 4.55. The number of carbonyl (C=O) groups is 1. The predicted molar refractivity (Wildman–Crippen MR) is 92.1 cm³/mol. The third kappa shape index (κ3) is 2.48. The number of nitrogens with zero attached hydrogens (tertiary/aromatic N) is 4. The van der Waals surface area contributed by atoms with Crippen LogP contribution >= 0.6 is 0 Å². The molecule has 120 valence electrons. The zero-order valence-corrected chi connectivity index (χ0v) is 13.5. The molecular weight excluding hydrogens is 300 g/mol. The molecule has 5 heteroatoms. The highest BCUT2D eigenvalue weighted by Crippen LogP contribution is 2.26. The average molecular weight is 318 g/mol. The number of rotatable bonds is 3. The first-order valence-corrected chi connectivity index (χ1v) is 8.08. The van der Waals surface area contributed by atoms with Gasteiger partial charge >= 0.3 is 0 Å². The number of anilines is 1. The minimum atomic E-state index is -0.0218. The maximum Gasteiger partial charge on any atom is 0.278 e. The van der Waals surface area contributed by atoms with Gasteiger partial charge in [-0.3, -0.25) is 4.79 Å². The smallest absolute Gasteiger partial charge is 0.278 e. The number of hydrogen-bond donors (Lipinski definition) is 0. The first-order valence-electron chi connectivity index (χ1n) is 8.08. The Hall–Kier alpha value is -2.95. The van der Waals surface area contributed by atoms with Crippen molar-refractivity contribution in [1.29, 1.82) is 0 Å². The fourth-order valence-corrected chi connectivity index (χ4v) is 3.16. The molecule has 1 aromatic heterocycles. The van der Waals surface area contributed by atoms with E-state index in [0.717, 1.165) is 28.9 Å². The number of fused-ring (bicyclic) bond motifs is 1. The van der Waals surface area contributed by atoms with Crippen LogP contribution in [0.25, 0.3) is 0 Å². The van der Waals surface area contributed by atoms with Crippen molar-refractivity contribution in [2.24, 2.45) is 0 Å². The zero-order valence-electron chi connectivity index (χ0n) is 13.5. The number of amides is 1. The van der Waals surface area contributed by atoms with E-state index < -0.39 is 0 Å². The maximum absolute atomic E-state index is 13.1. The normalized spacial score (nSPS) is 13.9. The quantitative estimate of drug-likeness (QED) is 0.746. The van der Waals surface area contributed by atoms with Crippen molar-refractivity contribution in [1.82, 2.24) is 15.0 Å². The average Bonchev–Trinajstić information content (AvgIpc) is 3.01. The van der Waals surface area contributed by atoms with Gasteiger partial charge in [-0.1, -0.05) is 53.7 Å². The van der Waals surface area contributed by atoms with Gasteiger partial charge < -0.3 is 4.90 Å². The highest BCUT2D eigenvalue weighted by molar-refractivity contribution is 6.07. The van der Waals surface area contributed by atoms with Crippen molar-refractivity contribution in [3.8, 4) is 0 Å². The number of carbonyl (C=O) groups excluding carboxylic acids is 1. The third-order valence-corrected chi connectivity index (χ3v) is 4.41. The molecule has 0 saturated carbocycles. The summed E-state index contributed by atoms with van der Waals surface area (Å²) < 4.78 is 1.72. The molecule has 5 nitrogen and oxygen atoms in total. The lowest BCUT2D eigenvalue weighted by Crippen LogP contribution is -2.39. The second-order valence-electron chi connectivity index (χ2n) is 6.02. The van der Waals surface area contributed by atoms with Crippen LogP contribution in [0.1, 0.15) is 27.3 Å². The number of para-hydroxylation sites is 1. The van der Waals surface area contributed by atoms with Crippen molar-refractivity contribution in [3.63, 3.8) is 0 Å². The third-order valence-electron chi connectivity index (χ3n) is 4.41. The lowest BCUT2D eigenvalue weighted by atomic mass is 10.1. The molecule has 2 aromatic carbocycles. The lowest BCUT2D eigenvalue weighted by Gasteiger charge is -2.28. The molecule has 1 aliphatic heterocycles. The molecule has 0 atom stereocenters. The topological polar surface area (TPSA) is 51.0 Å². The first kappa shape index (κ1) is 14.6. The van der Waals surface area contributed by atoms with E-state index in [9.17, 15) is 4.79 Å². The highest BCUT2D eigenvalue weighted by Gasteiger charge is 2.31. The monoisotopic (exact) mass is 318 g/mol. The fourth-order valence-electron chi connectivity index (χ4n) is 3.16. The Morgan fingerprint density at radius 1 is 1.04 bits per heavy atom. The molecule has 24 heavy (non-hydrogen) atoms. The summed E-state index contributed by atoms with van der Waals surface area (Å²) in [5, 5.41) is 8.43. The first-order chi connectivity index (χ1) is 11.7. The van der Waals surface area contributed by atoms with Crippen LogP contribution in [0.4, 0.5) is 5.69 Å². The Bertz CT molecular complexity index is 885. The van der Waals surface area contributed by atoms with Crippen molar-refractivity contribution in [2.75, 3.05) is 11.4 Å². The van der Waals surface area contributed by atoms with Gasteiger partial charge in [0.25, 0.3) is 5.91 Å². The molecule has 0 radical (unpaired) electrons. The van der Waals surface area contributed by atoms with Gasteiger partial charge in [0.2, 0.25) is 0 Å². The van der Waals surface area contributed by atoms with Gasteiger partial charge in [0, 0.05) is 18.7 Å². The summed E-state index contributed by atoms with van der Waals surface area (Å²) in [6.45, 7) is 3.22. The van der Waals surface area contributed by atoms with Gasteiger partial charge in [0.05, 0.1) is 12.2 Å². The summed E-state index contributed by atoms with van der Waals surface area (Å²) in [5.74, 6) is -0.0218. The van der Waals surface area contributed by atoms with Crippen LogP contribution in [0.15, 0.2) is 54.6 Å². The molecule has 1 amide bonds. The molecule has 3 aromatic rings. The fraction of sp³-hybridized carbons (Fsp3) is 0.211. The largest absolute Gasteiger partial charge is 0.306 e. The Morgan fingerprint density at radius 3 is 2.58 bits per heavy atom. The van der Waals surface area contributed by atoms with E-state index in [1.54, 1.807) is 4.68 Å². The number of hydrogen-bond acceptors (Lipinski definition) is 3. The van der Waals surface area contributed by atoms with E-state index in [-0.39, 0.29) is 5.91 Å². The second kappa shape index (κ2) is 5.92. The predicted octanol–water partition coefficient (Wildman–Crippen LogP) is 2.84. The molecule has 1 aliphatic rings. The Balaban J connectivity index is 1.69. The summed E-state index contributed by atoms with van der Waals surface area (Å²) in [7, 11) is 0. The number of aryl methyl sites for hydroxylation is 1. The Kier molecular flexibility index (Phi) is 3.61.